The lowest BCUT2D eigenvalue weighted by Crippen LogP contribution is -2.32. The highest BCUT2D eigenvalue weighted by Gasteiger charge is 2.20. The molecular formula is C9H17N3O3. The van der Waals surface area contributed by atoms with Crippen molar-refractivity contribution in [2.75, 3.05) is 14.2 Å². The lowest BCUT2D eigenvalue weighted by Gasteiger charge is -2.19. The first-order valence-corrected chi connectivity index (χ1v) is 4.83. The monoisotopic (exact) mass is 215 g/mol. The van der Waals surface area contributed by atoms with Crippen LogP contribution in [0.2, 0.25) is 0 Å². The van der Waals surface area contributed by atoms with Gasteiger partial charge in [0.05, 0.1) is 0 Å². The Kier molecular flexibility index (Phi) is 4.67. The highest BCUT2D eigenvalue weighted by atomic mass is 16.7. The number of aliphatic hydroxyl groups excluding tert-OH is 1. The summed E-state index contributed by atoms with van der Waals surface area (Å²) >= 11 is 0. The van der Waals surface area contributed by atoms with Gasteiger partial charge in [0, 0.05) is 27.2 Å². The van der Waals surface area contributed by atoms with Gasteiger partial charge in [-0.25, -0.2) is 4.98 Å². The Bertz CT molecular complexity index is 286. The highest BCUT2D eigenvalue weighted by Crippen LogP contribution is 2.06. The van der Waals surface area contributed by atoms with Crippen LogP contribution in [-0.4, -0.2) is 46.5 Å². The van der Waals surface area contributed by atoms with Crippen molar-refractivity contribution in [2.45, 2.75) is 32.3 Å². The maximum atomic E-state index is 9.77. The van der Waals surface area contributed by atoms with E-state index in [9.17, 15) is 5.11 Å². The van der Waals surface area contributed by atoms with Crippen LogP contribution in [0, 0.1) is 0 Å². The molecule has 15 heavy (non-hydrogen) atoms. The fraction of sp³-hybridized carbons (Fsp3) is 0.778. The van der Waals surface area contributed by atoms with Crippen molar-refractivity contribution >= 4 is 0 Å². The van der Waals surface area contributed by atoms with E-state index in [0.29, 0.717) is 6.42 Å². The van der Waals surface area contributed by atoms with Crippen LogP contribution in [0.4, 0.5) is 0 Å². The number of rotatable bonds is 6. The minimum atomic E-state index is -0.741. The fourth-order valence-corrected chi connectivity index (χ4v) is 1.40. The average molecular weight is 215 g/mol. The lowest BCUT2D eigenvalue weighted by molar-refractivity contribution is -0.163. The van der Waals surface area contributed by atoms with Crippen LogP contribution >= 0.6 is 0 Å². The molecule has 6 nitrogen and oxygen atoms in total. The van der Waals surface area contributed by atoms with E-state index in [0.717, 1.165) is 12.4 Å². The third-order valence-electron chi connectivity index (χ3n) is 2.17. The summed E-state index contributed by atoms with van der Waals surface area (Å²) in [7, 11) is 2.98. The minimum absolute atomic E-state index is 0.361. The van der Waals surface area contributed by atoms with Gasteiger partial charge < -0.3 is 14.6 Å². The molecule has 6 heteroatoms. The number of aromatic nitrogens is 3. The number of methoxy groups -OCH3 is 2. The Balaban J connectivity index is 2.60. The number of aryl methyl sites for hydroxylation is 1. The maximum Gasteiger partial charge on any atom is 0.183 e. The predicted octanol–water partition coefficient (Wildman–Crippen LogP) is -0.180. The molecule has 1 atom stereocenters. The summed E-state index contributed by atoms with van der Waals surface area (Å²) in [5.41, 5.74) is 0. The lowest BCUT2D eigenvalue weighted by atomic mass is 10.2. The minimum Gasteiger partial charge on any atom is -0.387 e. The van der Waals surface area contributed by atoms with E-state index in [2.05, 4.69) is 10.1 Å². The molecule has 1 rings (SSSR count). The van der Waals surface area contributed by atoms with Crippen molar-refractivity contribution in [1.29, 1.82) is 0 Å². The molecule has 0 aliphatic carbocycles. The summed E-state index contributed by atoms with van der Waals surface area (Å²) in [4.78, 5) is 4.06. The van der Waals surface area contributed by atoms with Gasteiger partial charge in [0.1, 0.15) is 18.3 Å². The second kappa shape index (κ2) is 5.79. The molecule has 0 aliphatic heterocycles. The van der Waals surface area contributed by atoms with E-state index >= 15 is 0 Å². The molecule has 0 saturated heterocycles. The van der Waals surface area contributed by atoms with Crippen molar-refractivity contribution in [3.63, 3.8) is 0 Å². The Morgan fingerprint density at radius 3 is 2.67 bits per heavy atom. The van der Waals surface area contributed by atoms with Crippen LogP contribution in [0.3, 0.4) is 0 Å². The first kappa shape index (κ1) is 12.1. The van der Waals surface area contributed by atoms with Gasteiger partial charge in [-0.1, -0.05) is 0 Å². The third-order valence-corrected chi connectivity index (χ3v) is 2.17. The zero-order valence-corrected chi connectivity index (χ0v) is 9.25. The summed E-state index contributed by atoms with van der Waals surface area (Å²) < 4.78 is 11.6. The number of hydrogen-bond acceptors (Lipinski definition) is 5. The number of aliphatic hydroxyl groups is 1. The molecule has 0 spiro atoms. The molecule has 1 heterocycles. The summed E-state index contributed by atoms with van der Waals surface area (Å²) in [6.45, 7) is 2.70. The molecule has 1 aromatic rings. The van der Waals surface area contributed by atoms with Gasteiger partial charge in [-0.3, -0.25) is 4.68 Å². The standard InChI is InChI=1S/C9H17N3O3/c1-4-12-8(10-6-11-12)5-7(13)9(14-2)15-3/h6-7,9,13H,4-5H2,1-3H3. The third kappa shape index (κ3) is 2.98. The summed E-state index contributed by atoms with van der Waals surface area (Å²) in [5, 5.41) is 13.8. The molecular weight excluding hydrogens is 198 g/mol. The second-order valence-corrected chi connectivity index (χ2v) is 3.10. The normalized spacial score (nSPS) is 13.4. The van der Waals surface area contributed by atoms with Crippen LogP contribution in [-0.2, 0) is 22.4 Å². The number of hydrogen-bond donors (Lipinski definition) is 1. The van der Waals surface area contributed by atoms with Gasteiger partial charge in [0.2, 0.25) is 0 Å². The van der Waals surface area contributed by atoms with Gasteiger partial charge in [0.15, 0.2) is 6.29 Å². The van der Waals surface area contributed by atoms with Crippen molar-refractivity contribution in [3.8, 4) is 0 Å². The van der Waals surface area contributed by atoms with Crippen LogP contribution in [0.15, 0.2) is 6.33 Å². The molecule has 1 aromatic heterocycles. The quantitative estimate of drug-likeness (QED) is 0.667. The van der Waals surface area contributed by atoms with Gasteiger partial charge in [-0.2, -0.15) is 5.10 Å². The molecule has 1 unspecified atom stereocenters. The first-order valence-electron chi connectivity index (χ1n) is 4.83. The molecule has 0 aliphatic rings. The Morgan fingerprint density at radius 1 is 1.47 bits per heavy atom. The number of nitrogens with zero attached hydrogens (tertiary/aromatic N) is 3. The van der Waals surface area contributed by atoms with Crippen LogP contribution in [0.25, 0.3) is 0 Å². The first-order chi connectivity index (χ1) is 7.22. The van der Waals surface area contributed by atoms with E-state index in [-0.39, 0.29) is 0 Å². The molecule has 0 saturated carbocycles. The van der Waals surface area contributed by atoms with Crippen LogP contribution in [0.1, 0.15) is 12.7 Å². The van der Waals surface area contributed by atoms with Gasteiger partial charge in [-0.05, 0) is 6.92 Å². The molecule has 0 aromatic carbocycles. The summed E-state index contributed by atoms with van der Waals surface area (Å²) in [6, 6.07) is 0. The van der Waals surface area contributed by atoms with E-state index in [1.807, 2.05) is 6.92 Å². The Morgan fingerprint density at radius 2 is 2.13 bits per heavy atom. The molecule has 86 valence electrons. The Labute approximate surface area is 88.8 Å². The number of ether oxygens (including phenoxy) is 2. The van der Waals surface area contributed by atoms with Crippen LogP contribution < -0.4 is 0 Å². The zero-order chi connectivity index (χ0) is 11.3. The Hall–Kier alpha value is -0.980. The van der Waals surface area contributed by atoms with Crippen molar-refractivity contribution < 1.29 is 14.6 Å². The van der Waals surface area contributed by atoms with Gasteiger partial charge in [0.25, 0.3) is 0 Å². The SMILES string of the molecule is CCn1ncnc1CC(O)C(OC)OC. The second-order valence-electron chi connectivity index (χ2n) is 3.10. The van der Waals surface area contributed by atoms with Crippen molar-refractivity contribution in [3.05, 3.63) is 12.2 Å². The largest absolute Gasteiger partial charge is 0.387 e. The van der Waals surface area contributed by atoms with Crippen molar-refractivity contribution in [1.82, 2.24) is 14.8 Å². The summed E-state index contributed by atoms with van der Waals surface area (Å²) in [5.74, 6) is 0.726. The highest BCUT2D eigenvalue weighted by molar-refractivity contribution is 4.88. The molecule has 0 amide bonds. The topological polar surface area (TPSA) is 69.4 Å². The van der Waals surface area contributed by atoms with Crippen molar-refractivity contribution in [2.24, 2.45) is 0 Å². The molecule has 0 fully saturated rings. The molecule has 0 bridgehead atoms. The predicted molar refractivity (Wildman–Crippen MR) is 53.2 cm³/mol. The van der Waals surface area contributed by atoms with E-state index in [4.69, 9.17) is 9.47 Å². The maximum absolute atomic E-state index is 9.77. The molecule has 1 N–H and O–H groups in total. The smallest absolute Gasteiger partial charge is 0.183 e. The van der Waals surface area contributed by atoms with E-state index in [1.165, 1.54) is 20.5 Å². The molecule has 0 radical (unpaired) electrons. The van der Waals surface area contributed by atoms with Gasteiger partial charge in [-0.15, -0.1) is 0 Å². The van der Waals surface area contributed by atoms with E-state index < -0.39 is 12.4 Å². The van der Waals surface area contributed by atoms with E-state index in [1.54, 1.807) is 4.68 Å². The fourth-order valence-electron chi connectivity index (χ4n) is 1.40. The average Bonchev–Trinajstić information content (AvgIpc) is 2.67. The van der Waals surface area contributed by atoms with Crippen LogP contribution in [0.5, 0.6) is 0 Å². The zero-order valence-electron chi connectivity index (χ0n) is 9.25. The van der Waals surface area contributed by atoms with Gasteiger partial charge >= 0.3 is 0 Å². The summed E-state index contributed by atoms with van der Waals surface area (Å²) in [6.07, 6.45) is 0.460.